The van der Waals surface area contributed by atoms with Crippen molar-refractivity contribution in [1.82, 2.24) is 14.5 Å². The van der Waals surface area contributed by atoms with Crippen LogP contribution in [0.5, 0.6) is 0 Å². The number of nitrogens with zero attached hydrogens (tertiary/aromatic N) is 4. The summed E-state index contributed by atoms with van der Waals surface area (Å²) in [5, 5.41) is 2.85. The van der Waals surface area contributed by atoms with Gasteiger partial charge in [0.1, 0.15) is 17.2 Å². The van der Waals surface area contributed by atoms with Gasteiger partial charge in [0.25, 0.3) is 0 Å². The SMILES string of the molecule is CCc1cc(S(C)(=O)=O)cc(F)c1N(C)c1cc2c(ncn2C)c(NC(=O)C2CC2)n1. The number of aryl methyl sites for hydroxylation is 2. The Bertz CT molecular complexity index is 1300. The maximum Gasteiger partial charge on any atom is 0.228 e. The molecular weight excluding hydrogens is 421 g/mol. The number of anilines is 3. The molecule has 164 valence electrons. The van der Waals surface area contributed by atoms with Crippen LogP contribution in [0.3, 0.4) is 0 Å². The van der Waals surface area contributed by atoms with E-state index in [1.165, 1.54) is 6.07 Å². The van der Waals surface area contributed by atoms with Gasteiger partial charge in [-0.05, 0) is 37.0 Å². The number of sulfone groups is 1. The van der Waals surface area contributed by atoms with Gasteiger partial charge >= 0.3 is 0 Å². The van der Waals surface area contributed by atoms with Crippen LogP contribution >= 0.6 is 0 Å². The lowest BCUT2D eigenvalue weighted by Crippen LogP contribution is -2.19. The number of rotatable bonds is 6. The van der Waals surface area contributed by atoms with Crippen LogP contribution in [0.25, 0.3) is 11.0 Å². The lowest BCUT2D eigenvalue weighted by atomic mass is 10.1. The van der Waals surface area contributed by atoms with Crippen molar-refractivity contribution in [2.45, 2.75) is 31.1 Å². The Morgan fingerprint density at radius 1 is 1.32 bits per heavy atom. The third-order valence-corrected chi connectivity index (χ3v) is 6.58. The first kappa shape index (κ1) is 21.2. The van der Waals surface area contributed by atoms with E-state index in [1.54, 1.807) is 28.9 Å². The number of pyridine rings is 1. The first-order valence-corrected chi connectivity index (χ1v) is 11.9. The largest absolute Gasteiger partial charge is 0.334 e. The van der Waals surface area contributed by atoms with Crippen molar-refractivity contribution in [3.8, 4) is 0 Å². The van der Waals surface area contributed by atoms with Crippen molar-refractivity contribution in [2.24, 2.45) is 13.0 Å². The highest BCUT2D eigenvalue weighted by atomic mass is 32.2. The van der Waals surface area contributed by atoms with Crippen molar-refractivity contribution in [3.63, 3.8) is 0 Å². The second-order valence-electron chi connectivity index (χ2n) is 7.91. The summed E-state index contributed by atoms with van der Waals surface area (Å²) in [6.07, 6.45) is 4.82. The van der Waals surface area contributed by atoms with Gasteiger partial charge in [-0.25, -0.2) is 22.8 Å². The van der Waals surface area contributed by atoms with Crippen LogP contribution in [0.4, 0.5) is 21.7 Å². The van der Waals surface area contributed by atoms with Crippen LogP contribution in [0.1, 0.15) is 25.3 Å². The molecule has 4 rings (SSSR count). The van der Waals surface area contributed by atoms with Crippen molar-refractivity contribution in [1.29, 1.82) is 0 Å². The number of carbonyl (C=O) groups is 1. The minimum atomic E-state index is -3.55. The van der Waals surface area contributed by atoms with E-state index in [2.05, 4.69) is 15.3 Å². The monoisotopic (exact) mass is 445 g/mol. The molecule has 3 aromatic rings. The molecule has 1 aliphatic carbocycles. The Labute approximate surface area is 180 Å². The summed E-state index contributed by atoms with van der Waals surface area (Å²) in [5.41, 5.74) is 2.06. The molecule has 1 saturated carbocycles. The molecule has 0 spiro atoms. The van der Waals surface area contributed by atoms with E-state index >= 15 is 4.39 Å². The maximum atomic E-state index is 15.1. The average molecular weight is 446 g/mol. The number of hydrogen-bond acceptors (Lipinski definition) is 6. The molecule has 0 saturated heterocycles. The van der Waals surface area contributed by atoms with Crippen molar-refractivity contribution >= 4 is 44.1 Å². The third kappa shape index (κ3) is 3.99. The number of hydrogen-bond donors (Lipinski definition) is 1. The molecule has 31 heavy (non-hydrogen) atoms. The van der Waals surface area contributed by atoms with Gasteiger partial charge in [0, 0.05) is 32.3 Å². The van der Waals surface area contributed by atoms with Crippen LogP contribution in [0, 0.1) is 11.7 Å². The van der Waals surface area contributed by atoms with Gasteiger partial charge in [0.15, 0.2) is 15.7 Å². The fourth-order valence-corrected chi connectivity index (χ4v) is 4.21. The lowest BCUT2D eigenvalue weighted by Gasteiger charge is -2.23. The first-order chi connectivity index (χ1) is 14.6. The molecule has 1 fully saturated rings. The molecule has 1 aliphatic rings. The molecule has 2 aromatic heterocycles. The average Bonchev–Trinajstić information content (AvgIpc) is 3.50. The Hall–Kier alpha value is -3.01. The Kier molecular flexibility index (Phi) is 5.20. The number of halogens is 1. The van der Waals surface area contributed by atoms with Crippen LogP contribution in [0.15, 0.2) is 29.4 Å². The topological polar surface area (TPSA) is 97.2 Å². The van der Waals surface area contributed by atoms with Gasteiger partial charge in [-0.2, -0.15) is 0 Å². The summed E-state index contributed by atoms with van der Waals surface area (Å²) in [5.74, 6) is -0.0319. The smallest absolute Gasteiger partial charge is 0.228 e. The summed E-state index contributed by atoms with van der Waals surface area (Å²) in [6.45, 7) is 1.83. The van der Waals surface area contributed by atoms with Crippen molar-refractivity contribution < 1.29 is 17.6 Å². The summed E-state index contributed by atoms with van der Waals surface area (Å²) in [7, 11) is -0.0622. The highest BCUT2D eigenvalue weighted by Crippen LogP contribution is 2.35. The van der Waals surface area contributed by atoms with E-state index in [1.807, 2.05) is 14.0 Å². The quantitative estimate of drug-likeness (QED) is 0.626. The maximum absolute atomic E-state index is 15.1. The zero-order chi connectivity index (χ0) is 22.5. The van der Waals surface area contributed by atoms with Crippen LogP contribution in [0.2, 0.25) is 0 Å². The minimum absolute atomic E-state index is 0.00498. The summed E-state index contributed by atoms with van der Waals surface area (Å²) < 4.78 is 40.7. The van der Waals surface area contributed by atoms with E-state index in [0.29, 0.717) is 29.1 Å². The predicted octanol–water partition coefficient (Wildman–Crippen LogP) is 3.19. The van der Waals surface area contributed by atoms with E-state index in [0.717, 1.165) is 30.7 Å². The number of carbonyl (C=O) groups excluding carboxylic acids is 1. The Balaban J connectivity index is 1.83. The third-order valence-electron chi connectivity index (χ3n) is 5.49. The standard InChI is InChI=1S/C21H24FN5O3S/c1-5-12-8-14(31(4,29)30)9-15(22)19(12)27(3)17-10-16-18(23-11-26(16)2)20(24-17)25-21(28)13-6-7-13/h8-11,13H,5-7H2,1-4H3,(H,24,25,28). The van der Waals surface area contributed by atoms with E-state index < -0.39 is 15.7 Å². The Morgan fingerprint density at radius 3 is 2.65 bits per heavy atom. The van der Waals surface area contributed by atoms with E-state index in [-0.39, 0.29) is 22.4 Å². The molecule has 2 heterocycles. The zero-order valence-corrected chi connectivity index (χ0v) is 18.6. The van der Waals surface area contributed by atoms with Gasteiger partial charge in [0.05, 0.1) is 22.4 Å². The molecule has 1 amide bonds. The van der Waals surface area contributed by atoms with Crippen LogP contribution in [-0.4, -0.2) is 42.2 Å². The molecule has 0 radical (unpaired) electrons. The number of fused-ring (bicyclic) bond motifs is 1. The summed E-state index contributed by atoms with van der Waals surface area (Å²) in [6, 6.07) is 4.28. The molecule has 0 bridgehead atoms. The van der Waals surface area contributed by atoms with Gasteiger partial charge in [-0.15, -0.1) is 0 Å². The van der Waals surface area contributed by atoms with Crippen molar-refractivity contribution in [2.75, 3.05) is 23.5 Å². The predicted molar refractivity (Wildman–Crippen MR) is 117 cm³/mol. The van der Waals surface area contributed by atoms with Gasteiger partial charge in [-0.3, -0.25) is 4.79 Å². The summed E-state index contributed by atoms with van der Waals surface area (Å²) in [4.78, 5) is 22.8. The molecule has 0 atom stereocenters. The Morgan fingerprint density at radius 2 is 2.03 bits per heavy atom. The molecule has 1 N–H and O–H groups in total. The molecular formula is C21H24FN5O3S. The molecule has 0 unspecified atom stereocenters. The number of benzene rings is 1. The fraction of sp³-hybridized carbons (Fsp3) is 0.381. The van der Waals surface area contributed by atoms with E-state index in [9.17, 15) is 13.2 Å². The van der Waals surface area contributed by atoms with Crippen LogP contribution < -0.4 is 10.2 Å². The number of nitrogens with one attached hydrogen (secondary N) is 1. The summed E-state index contributed by atoms with van der Waals surface area (Å²) >= 11 is 0. The lowest BCUT2D eigenvalue weighted by molar-refractivity contribution is -0.117. The van der Waals surface area contributed by atoms with Gasteiger partial charge in [0.2, 0.25) is 5.91 Å². The second kappa shape index (κ2) is 7.60. The molecule has 8 nitrogen and oxygen atoms in total. The minimum Gasteiger partial charge on any atom is -0.334 e. The van der Waals surface area contributed by atoms with Gasteiger partial charge in [-0.1, -0.05) is 6.92 Å². The molecule has 10 heteroatoms. The van der Waals surface area contributed by atoms with Crippen molar-refractivity contribution in [3.05, 3.63) is 35.9 Å². The number of aromatic nitrogens is 3. The first-order valence-electron chi connectivity index (χ1n) is 9.99. The number of amides is 1. The number of imidazole rings is 1. The normalized spacial score (nSPS) is 14.1. The van der Waals surface area contributed by atoms with E-state index in [4.69, 9.17) is 0 Å². The van der Waals surface area contributed by atoms with Gasteiger partial charge < -0.3 is 14.8 Å². The second-order valence-corrected chi connectivity index (χ2v) is 9.93. The molecule has 1 aromatic carbocycles. The fourth-order valence-electron chi connectivity index (χ4n) is 3.54. The highest BCUT2D eigenvalue weighted by Gasteiger charge is 2.31. The van der Waals surface area contributed by atoms with Crippen LogP contribution in [-0.2, 0) is 28.1 Å². The molecule has 0 aliphatic heterocycles. The highest BCUT2D eigenvalue weighted by molar-refractivity contribution is 7.90. The zero-order valence-electron chi connectivity index (χ0n) is 17.8.